The second kappa shape index (κ2) is 11.2. The molecule has 0 saturated carbocycles. The average Bonchev–Trinajstić information content (AvgIpc) is 3.28. The molecule has 4 aromatic rings. The number of pyridine rings is 1. The van der Waals surface area contributed by atoms with Gasteiger partial charge in [0.1, 0.15) is 23.2 Å². The first-order valence-corrected chi connectivity index (χ1v) is 12.4. The van der Waals surface area contributed by atoms with Gasteiger partial charge < -0.3 is 20.6 Å². The molecule has 2 aromatic heterocycles. The van der Waals surface area contributed by atoms with E-state index in [0.29, 0.717) is 24.2 Å². The fourth-order valence-corrected chi connectivity index (χ4v) is 4.16. The molecule has 2 unspecified atom stereocenters. The number of fused-ring (bicyclic) bond motifs is 1. The van der Waals surface area contributed by atoms with Gasteiger partial charge in [0.2, 0.25) is 0 Å². The number of carboxylic acid groups (broad SMARTS) is 1. The monoisotopic (exact) mass is 499 g/mol. The number of hydrogen-bond donors (Lipinski definition) is 3. The SMILES string of the molecule is CCC(C)C(NC(=O)c1ccn2c(NCc3ccccc3)c(-c3ccc(N(C)C)cc3)nc2c1)C(=O)O. The van der Waals surface area contributed by atoms with Crippen molar-refractivity contribution >= 4 is 29.0 Å². The van der Waals surface area contributed by atoms with E-state index < -0.39 is 17.9 Å². The summed E-state index contributed by atoms with van der Waals surface area (Å²) in [5.74, 6) is -0.858. The van der Waals surface area contributed by atoms with Crippen LogP contribution in [-0.2, 0) is 11.3 Å². The van der Waals surface area contributed by atoms with E-state index in [9.17, 15) is 14.7 Å². The summed E-state index contributed by atoms with van der Waals surface area (Å²) >= 11 is 0. The minimum Gasteiger partial charge on any atom is -0.480 e. The zero-order valence-corrected chi connectivity index (χ0v) is 21.6. The predicted molar refractivity (Wildman–Crippen MR) is 147 cm³/mol. The lowest BCUT2D eigenvalue weighted by Crippen LogP contribution is -2.45. The van der Waals surface area contributed by atoms with Crippen LogP contribution in [0.1, 0.15) is 36.2 Å². The van der Waals surface area contributed by atoms with E-state index in [0.717, 1.165) is 28.3 Å². The minimum atomic E-state index is -1.04. The smallest absolute Gasteiger partial charge is 0.326 e. The Morgan fingerprint density at radius 3 is 2.38 bits per heavy atom. The standard InChI is InChI=1S/C29H33N5O3/c1-5-19(2)25(29(36)37)32-28(35)22-15-16-34-24(17-22)31-26(21-11-13-23(14-12-21)33(3)4)27(34)30-18-20-9-7-6-8-10-20/h6-17,19,25,30H,5,18H2,1-4H3,(H,32,35)(H,36,37). The molecule has 2 aromatic carbocycles. The third-order valence-corrected chi connectivity index (χ3v) is 6.61. The Morgan fingerprint density at radius 1 is 1.05 bits per heavy atom. The average molecular weight is 500 g/mol. The van der Waals surface area contributed by atoms with Gasteiger partial charge in [0.25, 0.3) is 5.91 Å². The molecule has 0 saturated heterocycles. The highest BCUT2D eigenvalue weighted by Crippen LogP contribution is 2.31. The number of carboxylic acids is 1. The maximum atomic E-state index is 13.0. The quantitative estimate of drug-likeness (QED) is 0.287. The number of carbonyl (C=O) groups excluding carboxylic acids is 1. The van der Waals surface area contributed by atoms with Crippen molar-refractivity contribution in [2.45, 2.75) is 32.9 Å². The van der Waals surface area contributed by atoms with Crippen molar-refractivity contribution in [1.82, 2.24) is 14.7 Å². The van der Waals surface area contributed by atoms with Gasteiger partial charge in [-0.15, -0.1) is 0 Å². The van der Waals surface area contributed by atoms with Crippen LogP contribution in [0, 0.1) is 5.92 Å². The van der Waals surface area contributed by atoms with Crippen LogP contribution >= 0.6 is 0 Å². The van der Waals surface area contributed by atoms with Crippen LogP contribution < -0.4 is 15.5 Å². The summed E-state index contributed by atoms with van der Waals surface area (Å²) in [6.45, 7) is 4.32. The number of carbonyl (C=O) groups is 2. The lowest BCUT2D eigenvalue weighted by Gasteiger charge is -2.20. The first kappa shape index (κ1) is 25.8. The molecule has 0 spiro atoms. The molecule has 192 valence electrons. The van der Waals surface area contributed by atoms with E-state index in [1.807, 2.05) is 79.7 Å². The second-order valence-electron chi connectivity index (χ2n) is 9.41. The van der Waals surface area contributed by atoms with Crippen molar-refractivity contribution in [3.05, 3.63) is 84.1 Å². The molecule has 3 N–H and O–H groups in total. The Labute approximate surface area is 217 Å². The summed E-state index contributed by atoms with van der Waals surface area (Å²) in [5.41, 5.74) is 4.87. The number of hydrogen-bond acceptors (Lipinski definition) is 5. The van der Waals surface area contributed by atoms with Crippen LogP contribution in [0.2, 0.25) is 0 Å². The van der Waals surface area contributed by atoms with Gasteiger partial charge in [-0.05, 0) is 35.7 Å². The zero-order valence-electron chi connectivity index (χ0n) is 21.6. The number of rotatable bonds is 10. The lowest BCUT2D eigenvalue weighted by molar-refractivity contribution is -0.140. The number of nitrogens with zero attached hydrogens (tertiary/aromatic N) is 3. The van der Waals surface area contributed by atoms with Gasteiger partial charge in [-0.25, -0.2) is 9.78 Å². The van der Waals surface area contributed by atoms with E-state index in [4.69, 9.17) is 4.98 Å². The predicted octanol–water partition coefficient (Wildman–Crippen LogP) is 4.91. The van der Waals surface area contributed by atoms with E-state index in [1.54, 1.807) is 18.3 Å². The normalized spacial score (nSPS) is 12.6. The van der Waals surface area contributed by atoms with Crippen molar-refractivity contribution in [1.29, 1.82) is 0 Å². The summed E-state index contributed by atoms with van der Waals surface area (Å²) in [4.78, 5) is 31.6. The molecule has 1 amide bonds. The maximum Gasteiger partial charge on any atom is 0.326 e. The van der Waals surface area contributed by atoms with Crippen molar-refractivity contribution in [2.75, 3.05) is 24.3 Å². The maximum absolute atomic E-state index is 13.0. The molecule has 8 heteroatoms. The van der Waals surface area contributed by atoms with Crippen molar-refractivity contribution in [2.24, 2.45) is 5.92 Å². The molecule has 2 atom stereocenters. The molecule has 4 rings (SSSR count). The highest BCUT2D eigenvalue weighted by Gasteiger charge is 2.26. The molecule has 0 aliphatic rings. The van der Waals surface area contributed by atoms with Crippen LogP contribution in [0.4, 0.5) is 11.5 Å². The summed E-state index contributed by atoms with van der Waals surface area (Å²) < 4.78 is 1.91. The first-order valence-electron chi connectivity index (χ1n) is 12.4. The summed E-state index contributed by atoms with van der Waals surface area (Å²) in [6.07, 6.45) is 2.43. The molecule has 2 heterocycles. The molecule has 0 bridgehead atoms. The number of aliphatic carboxylic acids is 1. The Bertz CT molecular complexity index is 1380. The van der Waals surface area contributed by atoms with Gasteiger partial charge in [-0.1, -0.05) is 62.7 Å². The van der Waals surface area contributed by atoms with E-state index in [1.165, 1.54) is 0 Å². The summed E-state index contributed by atoms with van der Waals surface area (Å²) in [6, 6.07) is 20.7. The van der Waals surface area contributed by atoms with E-state index >= 15 is 0 Å². The van der Waals surface area contributed by atoms with Crippen LogP contribution in [0.5, 0.6) is 0 Å². The molecule has 8 nitrogen and oxygen atoms in total. The Kier molecular flexibility index (Phi) is 7.77. The van der Waals surface area contributed by atoms with Crippen molar-refractivity contribution < 1.29 is 14.7 Å². The van der Waals surface area contributed by atoms with Gasteiger partial charge in [-0.2, -0.15) is 0 Å². The van der Waals surface area contributed by atoms with Gasteiger partial charge in [0.15, 0.2) is 0 Å². The van der Waals surface area contributed by atoms with Crippen LogP contribution in [0.25, 0.3) is 16.9 Å². The zero-order chi connectivity index (χ0) is 26.5. The highest BCUT2D eigenvalue weighted by atomic mass is 16.4. The third kappa shape index (κ3) is 5.74. The number of benzene rings is 2. The Balaban J connectivity index is 1.71. The minimum absolute atomic E-state index is 0.192. The van der Waals surface area contributed by atoms with Gasteiger partial charge in [0, 0.05) is 43.7 Å². The van der Waals surface area contributed by atoms with Crippen LogP contribution in [0.3, 0.4) is 0 Å². The van der Waals surface area contributed by atoms with Crippen LogP contribution in [-0.4, -0.2) is 46.5 Å². The van der Waals surface area contributed by atoms with E-state index in [-0.39, 0.29) is 5.92 Å². The highest BCUT2D eigenvalue weighted by molar-refractivity contribution is 5.97. The molecule has 0 aliphatic heterocycles. The first-order chi connectivity index (χ1) is 17.8. The molecule has 0 fully saturated rings. The Hall–Kier alpha value is -4.33. The number of amides is 1. The molecular weight excluding hydrogens is 466 g/mol. The number of aromatic nitrogens is 2. The molecule has 37 heavy (non-hydrogen) atoms. The Morgan fingerprint density at radius 2 is 1.76 bits per heavy atom. The molecular formula is C29H33N5O3. The number of nitrogens with one attached hydrogen (secondary N) is 2. The van der Waals surface area contributed by atoms with Crippen LogP contribution in [0.15, 0.2) is 72.9 Å². The van der Waals surface area contributed by atoms with Gasteiger partial charge in [-0.3, -0.25) is 9.20 Å². The van der Waals surface area contributed by atoms with Gasteiger partial charge in [0.05, 0.1) is 0 Å². The fraction of sp³-hybridized carbons (Fsp3) is 0.276. The number of anilines is 2. The third-order valence-electron chi connectivity index (χ3n) is 6.61. The van der Waals surface area contributed by atoms with Gasteiger partial charge >= 0.3 is 5.97 Å². The number of imidazole rings is 1. The summed E-state index contributed by atoms with van der Waals surface area (Å²) in [7, 11) is 3.99. The summed E-state index contributed by atoms with van der Waals surface area (Å²) in [5, 5.41) is 15.8. The van der Waals surface area contributed by atoms with Crippen molar-refractivity contribution in [3.63, 3.8) is 0 Å². The fourth-order valence-electron chi connectivity index (χ4n) is 4.16. The largest absolute Gasteiger partial charge is 0.480 e. The topological polar surface area (TPSA) is 99.0 Å². The van der Waals surface area contributed by atoms with E-state index in [2.05, 4.69) is 22.8 Å². The van der Waals surface area contributed by atoms with Crippen molar-refractivity contribution in [3.8, 4) is 11.3 Å². The second-order valence-corrected chi connectivity index (χ2v) is 9.41. The molecule has 0 aliphatic carbocycles. The lowest BCUT2D eigenvalue weighted by atomic mass is 9.99. The molecule has 0 radical (unpaired) electrons.